The molecule has 7 heteroatoms. The van der Waals surface area contributed by atoms with Gasteiger partial charge in [0.1, 0.15) is 5.82 Å². The summed E-state index contributed by atoms with van der Waals surface area (Å²) in [5, 5.41) is 2.33. The van der Waals surface area contributed by atoms with Crippen molar-refractivity contribution in [3.63, 3.8) is 0 Å². The molecule has 0 unspecified atom stereocenters. The zero-order valence-electron chi connectivity index (χ0n) is 27.1. The predicted molar refractivity (Wildman–Crippen MR) is 198 cm³/mol. The van der Waals surface area contributed by atoms with Crippen LogP contribution >= 0.6 is 11.3 Å². The van der Waals surface area contributed by atoms with E-state index in [2.05, 4.69) is 151 Å². The van der Waals surface area contributed by atoms with Crippen LogP contribution in [0.3, 0.4) is 0 Å². The first-order valence-corrected chi connectivity index (χ1v) is 16.9. The Balaban J connectivity index is 0.00000348. The molecule has 0 saturated carbocycles. The molecular weight excluding hydrogens is 804 g/mol. The number of hydrogen-bond acceptors (Lipinski definition) is 5. The largest absolute Gasteiger partial charge is 0.509 e. The maximum absolute atomic E-state index is 6.51. The Hall–Kier alpha value is -4.90. The van der Waals surface area contributed by atoms with Crippen molar-refractivity contribution in [3.8, 4) is 17.3 Å². The molecule has 0 atom stereocenters. The number of para-hydroxylation sites is 3. The number of pyridine rings is 1. The van der Waals surface area contributed by atoms with Crippen molar-refractivity contribution in [2.24, 2.45) is 0 Å². The molecule has 0 saturated heterocycles. The van der Waals surface area contributed by atoms with Gasteiger partial charge in [0.25, 0.3) is 0 Å². The Morgan fingerprint density at radius 2 is 1.43 bits per heavy atom. The van der Waals surface area contributed by atoms with Crippen molar-refractivity contribution < 1.29 is 25.8 Å². The van der Waals surface area contributed by atoms with E-state index in [1.807, 2.05) is 30.5 Å². The van der Waals surface area contributed by atoms with Crippen LogP contribution in [0.15, 0.2) is 128 Å². The summed E-state index contributed by atoms with van der Waals surface area (Å²) in [4.78, 5) is 9.33. The molecule has 0 bridgehead atoms. The molecule has 1 aliphatic rings. The van der Waals surface area contributed by atoms with E-state index in [-0.39, 0.29) is 26.5 Å². The topological polar surface area (TPSA) is 33.5 Å². The number of fused-ring (bicyclic) bond motifs is 6. The molecule has 9 rings (SSSR count). The third-order valence-corrected chi connectivity index (χ3v) is 10.1. The number of rotatable bonds is 5. The van der Waals surface area contributed by atoms with Gasteiger partial charge >= 0.3 is 0 Å². The summed E-state index contributed by atoms with van der Waals surface area (Å²) < 4.78 is 11.2. The quantitative estimate of drug-likeness (QED) is 0.162. The van der Waals surface area contributed by atoms with E-state index in [4.69, 9.17) is 9.72 Å². The van der Waals surface area contributed by atoms with Crippen molar-refractivity contribution in [1.29, 1.82) is 0 Å². The fourth-order valence-electron chi connectivity index (χ4n) is 6.47. The summed E-state index contributed by atoms with van der Waals surface area (Å²) in [5.74, 6) is 2.10. The van der Waals surface area contributed by atoms with Crippen LogP contribution in [0.4, 0.5) is 22.7 Å². The van der Waals surface area contributed by atoms with Gasteiger partial charge in [-0.05, 0) is 47.4 Å². The van der Waals surface area contributed by atoms with Gasteiger partial charge in [0.15, 0.2) is 0 Å². The standard InChI is InChI=1S/C42H31N4OS.Pt/c1-42(2,3)28-20-23-39(43-26-28)46-37-25-32(21-22-33(37)41-40(46)34-16-7-10-19-38(34)48-41)47-31-15-11-14-30(24-31)45-27-44(29-12-5-4-6-13-29)35-17-8-9-18-36(35)45;/h4-23,26-27H,1-3H3;/q-3;. The van der Waals surface area contributed by atoms with Crippen molar-refractivity contribution in [2.45, 2.75) is 26.2 Å². The molecule has 0 radical (unpaired) electrons. The van der Waals surface area contributed by atoms with Gasteiger partial charge in [-0.15, -0.1) is 54.0 Å². The first kappa shape index (κ1) is 31.4. The van der Waals surface area contributed by atoms with E-state index >= 15 is 0 Å². The molecule has 5 aromatic carbocycles. The van der Waals surface area contributed by atoms with Gasteiger partial charge in [0.05, 0.1) is 5.52 Å². The number of nitrogens with zero attached hydrogens (tertiary/aromatic N) is 4. The summed E-state index contributed by atoms with van der Waals surface area (Å²) in [6.07, 6.45) is 1.99. The molecular formula is C42H31N4OPtS-3. The maximum atomic E-state index is 6.51. The molecule has 3 aromatic heterocycles. The third kappa shape index (κ3) is 5.40. The number of aromatic nitrogens is 2. The molecule has 0 N–H and O–H groups in total. The normalized spacial score (nSPS) is 12.9. The van der Waals surface area contributed by atoms with E-state index < -0.39 is 0 Å². The van der Waals surface area contributed by atoms with Crippen LogP contribution in [-0.4, -0.2) is 9.55 Å². The van der Waals surface area contributed by atoms with E-state index in [1.54, 1.807) is 11.3 Å². The van der Waals surface area contributed by atoms with Crippen LogP contribution in [0, 0.1) is 18.8 Å². The fourth-order valence-corrected chi connectivity index (χ4v) is 7.69. The molecule has 244 valence electrons. The number of hydrogen-bond donors (Lipinski definition) is 0. The minimum atomic E-state index is 0. The van der Waals surface area contributed by atoms with E-state index in [1.165, 1.54) is 20.3 Å². The van der Waals surface area contributed by atoms with Crippen molar-refractivity contribution >= 4 is 65.3 Å². The number of benzene rings is 5. The average molecular weight is 835 g/mol. The third-order valence-electron chi connectivity index (χ3n) is 8.90. The molecule has 4 heterocycles. The predicted octanol–water partition coefficient (Wildman–Crippen LogP) is 11.5. The second kappa shape index (κ2) is 12.2. The summed E-state index contributed by atoms with van der Waals surface area (Å²) in [6.45, 7) is 8.74. The van der Waals surface area contributed by atoms with Crippen molar-refractivity contribution in [3.05, 3.63) is 152 Å². The van der Waals surface area contributed by atoms with Gasteiger partial charge in [-0.25, -0.2) is 4.98 Å². The summed E-state index contributed by atoms with van der Waals surface area (Å²) >= 11 is 1.80. The SMILES string of the molecule is CC(C)(C)c1ccc(-n2c3[c-]c(Oc4[c-]c(N5[CH-]N(c6ccccc6)c6ccccc65)ccc4)ccc3c3sc4ccccc4c32)nc1.[Pt]. The minimum Gasteiger partial charge on any atom is -0.509 e. The summed E-state index contributed by atoms with van der Waals surface area (Å²) in [7, 11) is 0. The average Bonchev–Trinajstić information content (AvgIpc) is 3.78. The first-order chi connectivity index (χ1) is 23.4. The van der Waals surface area contributed by atoms with Crippen molar-refractivity contribution in [2.75, 3.05) is 9.80 Å². The second-order valence-electron chi connectivity index (χ2n) is 13.0. The molecule has 0 spiro atoms. The Labute approximate surface area is 304 Å². The molecule has 0 fully saturated rings. The monoisotopic (exact) mass is 834 g/mol. The Morgan fingerprint density at radius 3 is 2.20 bits per heavy atom. The minimum absolute atomic E-state index is 0. The maximum Gasteiger partial charge on any atom is 0.135 e. The van der Waals surface area contributed by atoms with Crippen LogP contribution in [0.25, 0.3) is 37.0 Å². The van der Waals surface area contributed by atoms with E-state index in [0.29, 0.717) is 11.5 Å². The smallest absolute Gasteiger partial charge is 0.135 e. The van der Waals surface area contributed by atoms with Gasteiger partial charge in [0.2, 0.25) is 0 Å². The second-order valence-corrected chi connectivity index (χ2v) is 14.1. The van der Waals surface area contributed by atoms with E-state index in [9.17, 15) is 0 Å². The zero-order chi connectivity index (χ0) is 32.4. The summed E-state index contributed by atoms with van der Waals surface area (Å²) in [6, 6.07) is 48.9. The van der Waals surface area contributed by atoms with Gasteiger partial charge in [-0.3, -0.25) is 0 Å². The molecule has 1 aliphatic heterocycles. The molecule has 0 aliphatic carbocycles. The summed E-state index contributed by atoms with van der Waals surface area (Å²) in [5.41, 5.74) is 7.47. The van der Waals surface area contributed by atoms with Crippen LogP contribution in [0.1, 0.15) is 26.3 Å². The zero-order valence-corrected chi connectivity index (χ0v) is 30.2. The van der Waals surface area contributed by atoms with Crippen LogP contribution in [0.5, 0.6) is 11.5 Å². The molecule has 5 nitrogen and oxygen atoms in total. The molecule has 8 aromatic rings. The van der Waals surface area contributed by atoms with Crippen LogP contribution in [0.2, 0.25) is 0 Å². The van der Waals surface area contributed by atoms with Crippen LogP contribution in [-0.2, 0) is 26.5 Å². The van der Waals surface area contributed by atoms with Crippen LogP contribution < -0.4 is 14.5 Å². The Bertz CT molecular complexity index is 2460. The Kier molecular flexibility index (Phi) is 7.82. The first-order valence-electron chi connectivity index (χ1n) is 16.0. The fraction of sp³-hybridized carbons (Fsp3) is 0.0952. The molecule has 0 amide bonds. The van der Waals surface area contributed by atoms with Gasteiger partial charge in [0, 0.05) is 70.6 Å². The molecule has 49 heavy (non-hydrogen) atoms. The number of anilines is 4. The van der Waals surface area contributed by atoms with Gasteiger partial charge in [-0.1, -0.05) is 86.3 Å². The number of ether oxygens (including phenoxy) is 1. The van der Waals surface area contributed by atoms with Gasteiger partial charge < -0.3 is 19.1 Å². The van der Waals surface area contributed by atoms with Crippen molar-refractivity contribution in [1.82, 2.24) is 9.55 Å². The number of thiophene rings is 1. The Morgan fingerprint density at radius 1 is 0.694 bits per heavy atom. The van der Waals surface area contributed by atoms with Gasteiger partial charge in [-0.2, -0.15) is 12.1 Å². The van der Waals surface area contributed by atoms with E-state index in [0.717, 1.165) is 45.0 Å².